The highest BCUT2D eigenvalue weighted by atomic mass is 32.2. The van der Waals surface area contributed by atoms with Gasteiger partial charge in [0.1, 0.15) is 5.82 Å². The number of carbonyl (C=O) groups is 1. The van der Waals surface area contributed by atoms with Gasteiger partial charge in [-0.3, -0.25) is 4.79 Å². The van der Waals surface area contributed by atoms with Crippen LogP contribution in [0.4, 0.5) is 14.5 Å². The monoisotopic (exact) mass is 391 g/mol. The Labute approximate surface area is 157 Å². The molecule has 140 valence electrons. The number of anilines is 1. The van der Waals surface area contributed by atoms with E-state index >= 15 is 0 Å². The van der Waals surface area contributed by atoms with Crippen molar-refractivity contribution in [3.05, 3.63) is 66.1 Å². The van der Waals surface area contributed by atoms with Gasteiger partial charge in [-0.15, -0.1) is 10.2 Å². The smallest absolute Gasteiger partial charge is 0.277 e. The van der Waals surface area contributed by atoms with E-state index in [9.17, 15) is 13.6 Å². The Balaban J connectivity index is 1.54. The van der Waals surface area contributed by atoms with E-state index in [0.717, 1.165) is 11.8 Å². The van der Waals surface area contributed by atoms with Crippen molar-refractivity contribution in [1.29, 1.82) is 0 Å². The fraction of sp³-hybridized carbons (Fsp3) is 0.167. The number of hydrogen-bond acceptors (Lipinski definition) is 6. The Kier molecular flexibility index (Phi) is 6.02. The van der Waals surface area contributed by atoms with Crippen molar-refractivity contribution in [3.63, 3.8) is 0 Å². The normalized spacial score (nSPS) is 11.8. The van der Waals surface area contributed by atoms with Crippen molar-refractivity contribution in [2.24, 2.45) is 0 Å². The molecule has 0 aliphatic rings. The Morgan fingerprint density at radius 1 is 1.15 bits per heavy atom. The molecule has 27 heavy (non-hydrogen) atoms. The first-order valence-electron chi connectivity index (χ1n) is 7.94. The van der Waals surface area contributed by atoms with Crippen molar-refractivity contribution in [3.8, 4) is 5.75 Å². The van der Waals surface area contributed by atoms with Gasteiger partial charge in [-0.05, 0) is 31.2 Å². The van der Waals surface area contributed by atoms with Crippen LogP contribution >= 0.6 is 11.8 Å². The third kappa shape index (κ3) is 5.04. The molecule has 0 saturated heterocycles. The largest absolute Gasteiger partial charge is 0.478 e. The van der Waals surface area contributed by atoms with Crippen LogP contribution in [0, 0.1) is 11.6 Å². The molecule has 0 aliphatic heterocycles. The van der Waals surface area contributed by atoms with Crippen LogP contribution in [-0.4, -0.2) is 21.9 Å². The molecular formula is C18H15F2N3O3S. The average Bonchev–Trinajstić information content (AvgIpc) is 3.13. The predicted molar refractivity (Wildman–Crippen MR) is 95.5 cm³/mol. The van der Waals surface area contributed by atoms with Crippen LogP contribution in [0.15, 0.2) is 58.2 Å². The first-order valence-corrected chi connectivity index (χ1v) is 8.93. The van der Waals surface area contributed by atoms with Crippen molar-refractivity contribution in [1.82, 2.24) is 10.2 Å². The quantitative estimate of drug-likeness (QED) is 0.608. The zero-order chi connectivity index (χ0) is 19.2. The minimum absolute atomic E-state index is 0.0431. The summed E-state index contributed by atoms with van der Waals surface area (Å²) in [6.07, 6.45) is -0.670. The number of rotatable bonds is 7. The summed E-state index contributed by atoms with van der Waals surface area (Å²) >= 11 is 0.997. The molecule has 0 saturated carbocycles. The van der Waals surface area contributed by atoms with E-state index in [1.807, 2.05) is 0 Å². The predicted octanol–water partition coefficient (Wildman–Crippen LogP) is 4.22. The average molecular weight is 391 g/mol. The number of benzene rings is 2. The second-order valence-electron chi connectivity index (χ2n) is 5.41. The lowest BCUT2D eigenvalue weighted by Crippen LogP contribution is -2.14. The number of carbonyl (C=O) groups excluding carboxylic acids is 1. The minimum atomic E-state index is -0.670. The van der Waals surface area contributed by atoms with Gasteiger partial charge in [0.25, 0.3) is 11.1 Å². The van der Waals surface area contributed by atoms with Crippen LogP contribution in [0.1, 0.15) is 18.9 Å². The van der Waals surface area contributed by atoms with Gasteiger partial charge in [-0.25, -0.2) is 8.78 Å². The standard InChI is InChI=1S/C18H15F2N3O3S/c1-11(25-15-9-5-3-7-13(15)20)17-22-23-18(26-17)27-10-16(24)21-14-8-4-2-6-12(14)19/h2-9,11H,10H2,1H3,(H,21,24)/t11-/m1/s1. The molecule has 0 aliphatic carbocycles. The van der Waals surface area contributed by atoms with Crippen molar-refractivity contribution in [2.45, 2.75) is 18.3 Å². The molecule has 2 aromatic carbocycles. The number of amides is 1. The maximum absolute atomic E-state index is 13.6. The van der Waals surface area contributed by atoms with E-state index in [4.69, 9.17) is 9.15 Å². The van der Waals surface area contributed by atoms with Gasteiger partial charge in [-0.1, -0.05) is 36.0 Å². The summed E-state index contributed by atoms with van der Waals surface area (Å²) in [6.45, 7) is 1.64. The summed E-state index contributed by atoms with van der Waals surface area (Å²) < 4.78 is 38.0. The molecule has 0 spiro atoms. The topological polar surface area (TPSA) is 77.2 Å². The zero-order valence-electron chi connectivity index (χ0n) is 14.2. The Morgan fingerprint density at radius 3 is 2.59 bits per heavy atom. The molecule has 1 heterocycles. The molecule has 9 heteroatoms. The minimum Gasteiger partial charge on any atom is -0.478 e. The lowest BCUT2D eigenvalue weighted by Gasteiger charge is -2.11. The van der Waals surface area contributed by atoms with E-state index in [1.165, 1.54) is 30.3 Å². The van der Waals surface area contributed by atoms with E-state index in [1.54, 1.807) is 25.1 Å². The van der Waals surface area contributed by atoms with Crippen LogP contribution in [0.5, 0.6) is 5.75 Å². The number of nitrogens with one attached hydrogen (secondary N) is 1. The molecule has 0 fully saturated rings. The van der Waals surface area contributed by atoms with Gasteiger partial charge in [-0.2, -0.15) is 0 Å². The molecule has 0 radical (unpaired) electrons. The Bertz CT molecular complexity index is 935. The second kappa shape index (κ2) is 8.63. The number of aromatic nitrogens is 2. The first-order chi connectivity index (χ1) is 13.0. The lowest BCUT2D eigenvalue weighted by molar-refractivity contribution is -0.113. The van der Waals surface area contributed by atoms with Crippen LogP contribution in [-0.2, 0) is 4.79 Å². The fourth-order valence-corrected chi connectivity index (χ4v) is 2.67. The molecule has 6 nitrogen and oxygen atoms in total. The number of ether oxygens (including phenoxy) is 1. The van der Waals surface area contributed by atoms with Gasteiger partial charge in [0, 0.05) is 0 Å². The zero-order valence-corrected chi connectivity index (χ0v) is 15.0. The van der Waals surface area contributed by atoms with Crippen molar-refractivity contribution < 1.29 is 22.7 Å². The maximum atomic E-state index is 13.6. The summed E-state index contributed by atoms with van der Waals surface area (Å²) in [4.78, 5) is 11.9. The number of halogens is 2. The highest BCUT2D eigenvalue weighted by molar-refractivity contribution is 7.99. The summed E-state index contributed by atoms with van der Waals surface area (Å²) in [5.74, 6) is -1.26. The van der Waals surface area contributed by atoms with E-state index in [2.05, 4.69) is 15.5 Å². The maximum Gasteiger partial charge on any atom is 0.277 e. The summed E-state index contributed by atoms with van der Waals surface area (Å²) in [5, 5.41) is 10.3. The van der Waals surface area contributed by atoms with Gasteiger partial charge >= 0.3 is 0 Å². The third-order valence-electron chi connectivity index (χ3n) is 3.38. The number of para-hydroxylation sites is 2. The number of nitrogens with zero attached hydrogens (tertiary/aromatic N) is 2. The molecule has 0 unspecified atom stereocenters. The molecule has 1 atom stereocenters. The van der Waals surface area contributed by atoms with Crippen molar-refractivity contribution in [2.75, 3.05) is 11.1 Å². The van der Waals surface area contributed by atoms with Crippen LogP contribution < -0.4 is 10.1 Å². The molecule has 3 rings (SSSR count). The SMILES string of the molecule is C[C@@H](Oc1ccccc1F)c1nnc(SCC(=O)Nc2ccccc2F)o1. The van der Waals surface area contributed by atoms with Gasteiger partial charge < -0.3 is 14.5 Å². The first kappa shape index (κ1) is 18.8. The van der Waals surface area contributed by atoms with Crippen LogP contribution in [0.3, 0.4) is 0 Å². The summed E-state index contributed by atoms with van der Waals surface area (Å²) in [7, 11) is 0. The summed E-state index contributed by atoms with van der Waals surface area (Å²) in [5.41, 5.74) is 0.0984. The van der Waals surface area contributed by atoms with E-state index in [0.29, 0.717) is 0 Å². The fourth-order valence-electron chi connectivity index (χ4n) is 2.10. The van der Waals surface area contributed by atoms with Gasteiger partial charge in [0.2, 0.25) is 5.91 Å². The highest BCUT2D eigenvalue weighted by Gasteiger charge is 2.18. The van der Waals surface area contributed by atoms with Crippen LogP contribution in [0.25, 0.3) is 0 Å². The molecule has 1 aromatic heterocycles. The Hall–Kier alpha value is -2.94. The molecule has 0 bridgehead atoms. The molecule has 3 aromatic rings. The third-order valence-corrected chi connectivity index (χ3v) is 4.20. The number of thioether (sulfide) groups is 1. The molecular weight excluding hydrogens is 376 g/mol. The number of hydrogen-bond donors (Lipinski definition) is 1. The molecule has 1 N–H and O–H groups in total. The van der Waals surface area contributed by atoms with E-state index in [-0.39, 0.29) is 28.3 Å². The summed E-state index contributed by atoms with van der Waals surface area (Å²) in [6, 6.07) is 11.8. The lowest BCUT2D eigenvalue weighted by atomic mass is 10.3. The highest BCUT2D eigenvalue weighted by Crippen LogP contribution is 2.25. The van der Waals surface area contributed by atoms with Crippen molar-refractivity contribution >= 4 is 23.4 Å². The Morgan fingerprint density at radius 2 is 1.85 bits per heavy atom. The van der Waals surface area contributed by atoms with E-state index < -0.39 is 23.6 Å². The van der Waals surface area contributed by atoms with Gasteiger partial charge in [0.05, 0.1) is 11.4 Å². The van der Waals surface area contributed by atoms with Crippen LogP contribution in [0.2, 0.25) is 0 Å². The van der Waals surface area contributed by atoms with Gasteiger partial charge in [0.15, 0.2) is 17.7 Å². The second-order valence-corrected chi connectivity index (χ2v) is 6.34. The molecule has 1 amide bonds.